The van der Waals surface area contributed by atoms with Crippen LogP contribution in [0.3, 0.4) is 0 Å². The number of hydrogen-bond donors (Lipinski definition) is 3. The van der Waals surface area contributed by atoms with Crippen LogP contribution in [0.25, 0.3) is 0 Å². The largest absolute Gasteiger partial charge is 0.392 e. The van der Waals surface area contributed by atoms with E-state index in [0.29, 0.717) is 12.5 Å². The van der Waals surface area contributed by atoms with Crippen molar-refractivity contribution in [2.45, 2.75) is 59.1 Å². The summed E-state index contributed by atoms with van der Waals surface area (Å²) in [6.45, 7) is 9.27. The van der Waals surface area contributed by atoms with E-state index in [9.17, 15) is 9.90 Å². The molecule has 0 saturated heterocycles. The predicted molar refractivity (Wildman–Crippen MR) is 70.8 cm³/mol. The second-order valence-electron chi connectivity index (χ2n) is 5.06. The summed E-state index contributed by atoms with van der Waals surface area (Å²) in [4.78, 5) is 11.6. The molecule has 102 valence electrons. The standard InChI is InChI=1S/C13H28N2O2/c1-5-6-7-14-13(17)11(4)15-9-12(16)8-10(2)3/h10-12,15-16H,5-9H2,1-4H3,(H,14,17). The molecule has 0 saturated carbocycles. The van der Waals surface area contributed by atoms with Gasteiger partial charge < -0.3 is 15.7 Å². The molecule has 0 spiro atoms. The second kappa shape index (κ2) is 9.42. The zero-order valence-corrected chi connectivity index (χ0v) is 11.6. The summed E-state index contributed by atoms with van der Waals surface area (Å²) in [5.41, 5.74) is 0. The van der Waals surface area contributed by atoms with Gasteiger partial charge in [0.25, 0.3) is 0 Å². The Kier molecular flexibility index (Phi) is 9.09. The third-order valence-electron chi connectivity index (χ3n) is 2.63. The van der Waals surface area contributed by atoms with Gasteiger partial charge in [-0.3, -0.25) is 4.79 Å². The molecule has 4 nitrogen and oxygen atoms in total. The summed E-state index contributed by atoms with van der Waals surface area (Å²) in [7, 11) is 0. The summed E-state index contributed by atoms with van der Waals surface area (Å²) < 4.78 is 0. The van der Waals surface area contributed by atoms with Crippen LogP contribution in [-0.4, -0.2) is 36.2 Å². The van der Waals surface area contributed by atoms with Crippen LogP contribution < -0.4 is 10.6 Å². The molecule has 0 rings (SSSR count). The number of nitrogens with one attached hydrogen (secondary N) is 2. The third kappa shape index (κ3) is 9.12. The van der Waals surface area contributed by atoms with Gasteiger partial charge in [0.2, 0.25) is 5.91 Å². The van der Waals surface area contributed by atoms with Gasteiger partial charge in [-0.1, -0.05) is 27.2 Å². The third-order valence-corrected chi connectivity index (χ3v) is 2.63. The van der Waals surface area contributed by atoms with Crippen LogP contribution >= 0.6 is 0 Å². The smallest absolute Gasteiger partial charge is 0.236 e. The van der Waals surface area contributed by atoms with Crippen molar-refractivity contribution in [3.63, 3.8) is 0 Å². The van der Waals surface area contributed by atoms with Crippen molar-refractivity contribution in [1.82, 2.24) is 10.6 Å². The van der Waals surface area contributed by atoms with Crippen molar-refractivity contribution in [3.05, 3.63) is 0 Å². The van der Waals surface area contributed by atoms with Gasteiger partial charge >= 0.3 is 0 Å². The van der Waals surface area contributed by atoms with Crippen molar-refractivity contribution in [3.8, 4) is 0 Å². The van der Waals surface area contributed by atoms with Gasteiger partial charge in [0, 0.05) is 13.1 Å². The number of carbonyl (C=O) groups excluding carboxylic acids is 1. The minimum Gasteiger partial charge on any atom is -0.392 e. The number of aliphatic hydroxyl groups excluding tert-OH is 1. The molecule has 17 heavy (non-hydrogen) atoms. The molecule has 0 radical (unpaired) electrons. The Morgan fingerprint density at radius 2 is 1.94 bits per heavy atom. The van der Waals surface area contributed by atoms with Crippen molar-refractivity contribution < 1.29 is 9.90 Å². The molecule has 0 aliphatic heterocycles. The van der Waals surface area contributed by atoms with Gasteiger partial charge in [-0.05, 0) is 25.7 Å². The maximum Gasteiger partial charge on any atom is 0.236 e. The summed E-state index contributed by atoms with van der Waals surface area (Å²) in [5.74, 6) is 0.482. The van der Waals surface area contributed by atoms with Gasteiger partial charge in [0.1, 0.15) is 0 Å². The van der Waals surface area contributed by atoms with E-state index in [-0.39, 0.29) is 18.1 Å². The monoisotopic (exact) mass is 244 g/mol. The Balaban J connectivity index is 3.69. The first-order chi connectivity index (χ1) is 7.97. The van der Waals surface area contributed by atoms with E-state index in [0.717, 1.165) is 25.8 Å². The quantitative estimate of drug-likeness (QED) is 0.536. The summed E-state index contributed by atoms with van der Waals surface area (Å²) in [6.07, 6.45) is 2.47. The van der Waals surface area contributed by atoms with E-state index >= 15 is 0 Å². The lowest BCUT2D eigenvalue weighted by Gasteiger charge is -2.18. The van der Waals surface area contributed by atoms with Gasteiger partial charge in [-0.25, -0.2) is 0 Å². The molecule has 2 unspecified atom stereocenters. The number of hydrogen-bond acceptors (Lipinski definition) is 3. The van der Waals surface area contributed by atoms with Crippen molar-refractivity contribution in [2.24, 2.45) is 5.92 Å². The fraction of sp³-hybridized carbons (Fsp3) is 0.923. The molecular formula is C13H28N2O2. The average molecular weight is 244 g/mol. The topological polar surface area (TPSA) is 61.4 Å². The van der Waals surface area contributed by atoms with E-state index in [1.165, 1.54) is 0 Å². The number of unbranched alkanes of at least 4 members (excludes halogenated alkanes) is 1. The van der Waals surface area contributed by atoms with Crippen LogP contribution in [0.5, 0.6) is 0 Å². The fourth-order valence-electron chi connectivity index (χ4n) is 1.57. The van der Waals surface area contributed by atoms with E-state index in [2.05, 4.69) is 31.4 Å². The Morgan fingerprint density at radius 3 is 2.47 bits per heavy atom. The maximum atomic E-state index is 11.6. The van der Waals surface area contributed by atoms with Crippen LogP contribution in [0, 0.1) is 5.92 Å². The Labute approximate surface area is 105 Å². The van der Waals surface area contributed by atoms with Gasteiger partial charge in [0.15, 0.2) is 0 Å². The molecule has 0 aliphatic carbocycles. The fourth-order valence-corrected chi connectivity index (χ4v) is 1.57. The van der Waals surface area contributed by atoms with E-state index in [1.807, 2.05) is 6.92 Å². The van der Waals surface area contributed by atoms with E-state index in [4.69, 9.17) is 0 Å². The summed E-state index contributed by atoms with van der Waals surface area (Å²) >= 11 is 0. The highest BCUT2D eigenvalue weighted by Gasteiger charge is 2.13. The summed E-state index contributed by atoms with van der Waals surface area (Å²) in [6, 6.07) is -0.242. The minimum atomic E-state index is -0.374. The lowest BCUT2D eigenvalue weighted by atomic mass is 10.1. The summed E-state index contributed by atoms with van der Waals surface area (Å²) in [5, 5.41) is 15.6. The van der Waals surface area contributed by atoms with Gasteiger partial charge in [-0.15, -0.1) is 0 Å². The molecule has 4 heteroatoms. The Hall–Kier alpha value is -0.610. The molecule has 0 aromatic rings. The lowest BCUT2D eigenvalue weighted by molar-refractivity contribution is -0.122. The molecular weight excluding hydrogens is 216 g/mol. The molecule has 0 aromatic heterocycles. The minimum absolute atomic E-state index is 0.00944. The van der Waals surface area contributed by atoms with Crippen molar-refractivity contribution in [1.29, 1.82) is 0 Å². The lowest BCUT2D eigenvalue weighted by Crippen LogP contribution is -2.45. The van der Waals surface area contributed by atoms with Crippen LogP contribution in [0.1, 0.15) is 47.0 Å². The number of amides is 1. The highest BCUT2D eigenvalue weighted by molar-refractivity contribution is 5.81. The van der Waals surface area contributed by atoms with E-state index < -0.39 is 0 Å². The SMILES string of the molecule is CCCCNC(=O)C(C)NCC(O)CC(C)C. The average Bonchev–Trinajstić information content (AvgIpc) is 2.25. The number of carbonyl (C=O) groups is 1. The molecule has 0 heterocycles. The van der Waals surface area contributed by atoms with Gasteiger partial charge in [-0.2, -0.15) is 0 Å². The molecule has 1 amide bonds. The van der Waals surface area contributed by atoms with Crippen LogP contribution in [0.15, 0.2) is 0 Å². The molecule has 0 fully saturated rings. The molecule has 0 aliphatic rings. The van der Waals surface area contributed by atoms with Gasteiger partial charge in [0.05, 0.1) is 12.1 Å². The van der Waals surface area contributed by atoms with Crippen LogP contribution in [0.4, 0.5) is 0 Å². The highest BCUT2D eigenvalue weighted by Crippen LogP contribution is 2.03. The van der Waals surface area contributed by atoms with Crippen molar-refractivity contribution >= 4 is 5.91 Å². The first-order valence-corrected chi connectivity index (χ1v) is 6.66. The van der Waals surface area contributed by atoms with Crippen molar-refractivity contribution in [2.75, 3.05) is 13.1 Å². The molecule has 0 aromatic carbocycles. The Morgan fingerprint density at radius 1 is 1.29 bits per heavy atom. The molecule has 3 N–H and O–H groups in total. The zero-order valence-electron chi connectivity index (χ0n) is 11.6. The van der Waals surface area contributed by atoms with E-state index in [1.54, 1.807) is 0 Å². The maximum absolute atomic E-state index is 11.6. The number of rotatable bonds is 9. The highest BCUT2D eigenvalue weighted by atomic mass is 16.3. The second-order valence-corrected chi connectivity index (χ2v) is 5.06. The van der Waals surface area contributed by atoms with Crippen LogP contribution in [0.2, 0.25) is 0 Å². The first kappa shape index (κ1) is 16.4. The predicted octanol–water partition coefficient (Wildman–Crippen LogP) is 1.29. The zero-order chi connectivity index (χ0) is 13.3. The van der Waals surface area contributed by atoms with Crippen LogP contribution in [-0.2, 0) is 4.79 Å². The molecule has 2 atom stereocenters. The Bertz CT molecular complexity index is 208. The normalized spacial score (nSPS) is 14.7. The first-order valence-electron chi connectivity index (χ1n) is 6.66. The number of aliphatic hydroxyl groups is 1. The molecule has 0 bridgehead atoms.